The van der Waals surface area contributed by atoms with Gasteiger partial charge in [-0.05, 0) is 54.4 Å². The molecule has 1 heterocycles. The van der Waals surface area contributed by atoms with Crippen LogP contribution in [0, 0.1) is 0 Å². The topological polar surface area (TPSA) is 21.6 Å². The minimum atomic E-state index is -0.710. The van der Waals surface area contributed by atoms with Crippen molar-refractivity contribution in [3.05, 3.63) is 126 Å². The highest BCUT2D eigenvalue weighted by atomic mass is 31.1. The van der Waals surface area contributed by atoms with Crippen molar-refractivity contribution in [2.75, 3.05) is 0 Å². The van der Waals surface area contributed by atoms with E-state index in [1.807, 2.05) is 0 Å². The number of fused-ring (bicyclic) bond motifs is 3. The van der Waals surface area contributed by atoms with E-state index in [0.29, 0.717) is 0 Å². The Morgan fingerprint density at radius 3 is 2.03 bits per heavy atom. The third-order valence-electron chi connectivity index (χ3n) is 7.05. The Bertz CT molecular complexity index is 1310. The molecular weight excluding hydrogens is 433 g/mol. The fourth-order valence-electron chi connectivity index (χ4n) is 5.30. The van der Waals surface area contributed by atoms with Gasteiger partial charge in [0.1, 0.15) is 12.1 Å². The van der Waals surface area contributed by atoms with Crippen LogP contribution in [-0.4, -0.2) is 12.0 Å². The van der Waals surface area contributed by atoms with Crippen LogP contribution in [-0.2, 0) is 16.6 Å². The molecule has 0 amide bonds. The molecule has 4 aromatic rings. The maximum Gasteiger partial charge on any atom is 0.194 e. The molecule has 0 N–H and O–H groups in total. The molecule has 0 fully saturated rings. The summed E-state index contributed by atoms with van der Waals surface area (Å²) >= 11 is 0. The van der Waals surface area contributed by atoms with Crippen molar-refractivity contribution in [3.63, 3.8) is 0 Å². The molecule has 168 valence electrons. The second-order valence-corrected chi connectivity index (χ2v) is 11.8. The van der Waals surface area contributed by atoms with Gasteiger partial charge in [-0.2, -0.15) is 0 Å². The molecule has 1 aliphatic carbocycles. The van der Waals surface area contributed by atoms with Crippen LogP contribution in [0.2, 0.25) is 0 Å². The normalized spacial score (nSPS) is 18.9. The van der Waals surface area contributed by atoms with Gasteiger partial charge in [-0.15, -0.1) is 0 Å². The minimum Gasteiger partial charge on any atom is -0.474 e. The zero-order valence-corrected chi connectivity index (χ0v) is 20.5. The van der Waals surface area contributed by atoms with Crippen molar-refractivity contribution < 1.29 is 4.74 Å². The third kappa shape index (κ3) is 3.58. The Kier molecular flexibility index (Phi) is 5.35. The van der Waals surface area contributed by atoms with E-state index >= 15 is 0 Å². The van der Waals surface area contributed by atoms with Crippen LogP contribution in [0.1, 0.15) is 36.6 Å². The molecule has 0 spiro atoms. The predicted octanol–water partition coefficient (Wildman–Crippen LogP) is 5.82. The van der Waals surface area contributed by atoms with E-state index in [0.717, 1.165) is 12.3 Å². The number of hydrogen-bond donors (Lipinski definition) is 0. The first-order valence-electron chi connectivity index (χ1n) is 12.0. The Morgan fingerprint density at radius 2 is 1.32 bits per heavy atom. The highest BCUT2D eigenvalue weighted by Crippen LogP contribution is 2.44. The molecule has 2 unspecified atom stereocenters. The van der Waals surface area contributed by atoms with Crippen molar-refractivity contribution in [2.45, 2.75) is 37.8 Å². The standard InChI is InChI=1S/C31H28NOP/c1-31(2,30-32-29-25-18-10-9-13-22(25)21-27(29)33-30)26-19-11-12-20-28(26)34(23-14-5-3-6-15-23)24-16-7-4-8-17-24/h3-20,27,29H,21H2,1-2H3. The lowest BCUT2D eigenvalue weighted by Gasteiger charge is -2.31. The first kappa shape index (κ1) is 21.3. The van der Waals surface area contributed by atoms with Crippen molar-refractivity contribution >= 4 is 29.7 Å². The van der Waals surface area contributed by atoms with Gasteiger partial charge in [0.2, 0.25) is 0 Å². The number of benzene rings is 4. The first-order valence-corrected chi connectivity index (χ1v) is 13.3. The third-order valence-corrected chi connectivity index (χ3v) is 9.55. The second kappa shape index (κ2) is 8.53. The molecule has 0 radical (unpaired) electrons. The van der Waals surface area contributed by atoms with Crippen LogP contribution in [0.5, 0.6) is 0 Å². The largest absolute Gasteiger partial charge is 0.474 e. The molecule has 2 aliphatic rings. The Labute approximate surface area is 203 Å². The molecule has 0 saturated carbocycles. The van der Waals surface area contributed by atoms with Crippen LogP contribution in [0.15, 0.2) is 114 Å². The summed E-state index contributed by atoms with van der Waals surface area (Å²) in [7, 11) is -0.710. The van der Waals surface area contributed by atoms with E-state index in [1.165, 1.54) is 32.6 Å². The summed E-state index contributed by atoms with van der Waals surface area (Å²) in [6.45, 7) is 4.53. The van der Waals surface area contributed by atoms with E-state index in [4.69, 9.17) is 9.73 Å². The molecule has 3 heteroatoms. The molecule has 34 heavy (non-hydrogen) atoms. The van der Waals surface area contributed by atoms with Crippen LogP contribution in [0.4, 0.5) is 0 Å². The highest BCUT2D eigenvalue weighted by molar-refractivity contribution is 7.79. The fourth-order valence-corrected chi connectivity index (χ4v) is 7.92. The van der Waals surface area contributed by atoms with Gasteiger partial charge in [0, 0.05) is 6.42 Å². The summed E-state index contributed by atoms with van der Waals surface area (Å²) in [5, 5.41) is 4.07. The van der Waals surface area contributed by atoms with Gasteiger partial charge in [-0.1, -0.05) is 109 Å². The maximum atomic E-state index is 6.59. The van der Waals surface area contributed by atoms with E-state index < -0.39 is 7.92 Å². The number of ether oxygens (including phenoxy) is 1. The number of nitrogens with zero attached hydrogens (tertiary/aromatic N) is 1. The molecule has 2 atom stereocenters. The molecular formula is C31H28NOP. The molecule has 0 aromatic heterocycles. The summed E-state index contributed by atoms with van der Waals surface area (Å²) in [5.74, 6) is 0.862. The minimum absolute atomic E-state index is 0.113. The molecule has 0 saturated heterocycles. The zero-order valence-electron chi connectivity index (χ0n) is 19.6. The zero-order chi connectivity index (χ0) is 23.1. The van der Waals surface area contributed by atoms with Gasteiger partial charge in [-0.3, -0.25) is 0 Å². The quantitative estimate of drug-likeness (QED) is 0.344. The van der Waals surface area contributed by atoms with Gasteiger partial charge in [0.05, 0.1) is 5.41 Å². The van der Waals surface area contributed by atoms with Gasteiger partial charge < -0.3 is 4.74 Å². The van der Waals surface area contributed by atoms with Crippen LogP contribution in [0.3, 0.4) is 0 Å². The van der Waals surface area contributed by atoms with E-state index in [-0.39, 0.29) is 17.6 Å². The van der Waals surface area contributed by atoms with Crippen LogP contribution < -0.4 is 15.9 Å². The summed E-state index contributed by atoms with van der Waals surface area (Å²) in [4.78, 5) is 5.19. The summed E-state index contributed by atoms with van der Waals surface area (Å²) < 4.78 is 6.59. The average Bonchev–Trinajstić information content (AvgIpc) is 3.45. The predicted molar refractivity (Wildman–Crippen MR) is 143 cm³/mol. The number of rotatable bonds is 5. The van der Waals surface area contributed by atoms with Crippen LogP contribution in [0.25, 0.3) is 0 Å². The van der Waals surface area contributed by atoms with Crippen molar-refractivity contribution in [3.8, 4) is 0 Å². The van der Waals surface area contributed by atoms with Crippen molar-refractivity contribution in [1.29, 1.82) is 0 Å². The van der Waals surface area contributed by atoms with E-state index in [1.54, 1.807) is 0 Å². The Morgan fingerprint density at radius 1 is 0.735 bits per heavy atom. The molecule has 0 bridgehead atoms. The monoisotopic (exact) mass is 461 g/mol. The second-order valence-electron chi connectivity index (χ2n) is 9.59. The Balaban J connectivity index is 1.45. The SMILES string of the molecule is CC(C)(C1=NC2c3ccccc3CC2O1)c1ccccc1P(c1ccccc1)c1ccccc1. The summed E-state index contributed by atoms with van der Waals surface area (Å²) in [6.07, 6.45) is 1.05. The number of hydrogen-bond acceptors (Lipinski definition) is 2. The number of aliphatic imine (C=N–C) groups is 1. The lowest BCUT2D eigenvalue weighted by Crippen LogP contribution is -2.37. The molecule has 4 aromatic carbocycles. The lowest BCUT2D eigenvalue weighted by atomic mass is 9.84. The van der Waals surface area contributed by atoms with E-state index in [9.17, 15) is 0 Å². The highest BCUT2D eigenvalue weighted by Gasteiger charge is 2.44. The maximum absolute atomic E-state index is 6.59. The summed E-state index contributed by atoms with van der Waals surface area (Å²) in [6, 6.07) is 39.4. The van der Waals surface area contributed by atoms with E-state index in [2.05, 4.69) is 123 Å². The van der Waals surface area contributed by atoms with Crippen molar-refractivity contribution in [1.82, 2.24) is 0 Å². The van der Waals surface area contributed by atoms with Gasteiger partial charge in [0.15, 0.2) is 5.90 Å². The first-order chi connectivity index (χ1) is 16.6. The molecule has 6 rings (SSSR count). The van der Waals surface area contributed by atoms with Crippen molar-refractivity contribution in [2.24, 2.45) is 4.99 Å². The molecule has 2 nitrogen and oxygen atoms in total. The summed E-state index contributed by atoms with van der Waals surface area (Å²) in [5.41, 5.74) is 3.65. The lowest BCUT2D eigenvalue weighted by molar-refractivity contribution is 0.192. The fraction of sp³-hybridized carbons (Fsp3) is 0.194. The van der Waals surface area contributed by atoms with Gasteiger partial charge >= 0.3 is 0 Å². The van der Waals surface area contributed by atoms with Gasteiger partial charge in [-0.25, -0.2) is 4.99 Å². The molecule has 1 aliphatic heterocycles. The smallest absolute Gasteiger partial charge is 0.194 e. The van der Waals surface area contributed by atoms with Crippen LogP contribution >= 0.6 is 7.92 Å². The average molecular weight is 462 g/mol. The Hall–Kier alpha value is -3.22. The van der Waals surface area contributed by atoms with Gasteiger partial charge in [0.25, 0.3) is 0 Å².